The second-order valence-corrected chi connectivity index (χ2v) is 8.35. The quantitative estimate of drug-likeness (QED) is 0.310. The molecule has 1 saturated carbocycles. The van der Waals surface area contributed by atoms with Crippen molar-refractivity contribution in [2.75, 3.05) is 32.7 Å². The number of carbonyl (C=O) groups is 1. The summed E-state index contributed by atoms with van der Waals surface area (Å²) in [5.41, 5.74) is 0. The molecule has 27 heavy (non-hydrogen) atoms. The molecule has 6 heteroatoms. The van der Waals surface area contributed by atoms with E-state index in [2.05, 4.69) is 41.6 Å². The molecule has 1 aliphatic heterocycles. The van der Waals surface area contributed by atoms with Gasteiger partial charge >= 0.3 is 0 Å². The monoisotopic (exact) mass is 379 g/mol. The minimum atomic E-state index is 0.183. The molecule has 2 fully saturated rings. The maximum Gasteiger partial charge on any atom is 0.220 e. The number of nitrogens with one attached hydrogen (secondary N) is 3. The van der Waals surface area contributed by atoms with E-state index in [0.29, 0.717) is 24.4 Å². The first-order valence-corrected chi connectivity index (χ1v) is 11.2. The van der Waals surface area contributed by atoms with E-state index in [1.54, 1.807) is 0 Å². The Balaban J connectivity index is 1.77. The van der Waals surface area contributed by atoms with Gasteiger partial charge < -0.3 is 16.0 Å². The molecule has 1 atom stereocenters. The van der Waals surface area contributed by atoms with Crippen LogP contribution in [0.25, 0.3) is 0 Å². The second kappa shape index (κ2) is 12.2. The van der Waals surface area contributed by atoms with Crippen LogP contribution in [0.5, 0.6) is 0 Å². The molecule has 1 aliphatic carbocycles. The molecule has 6 nitrogen and oxygen atoms in total. The fourth-order valence-corrected chi connectivity index (χ4v) is 3.68. The standard InChI is InChI=1S/C21H41N5O/c1-4-22-21(23-13-9-10-20(27)25-18-11-12-18)24-16-19(17(2)3)26-14-7-5-6-8-15-26/h17-19H,4-16H2,1-3H3,(H,25,27)(H2,22,23,24). The second-order valence-electron chi connectivity index (χ2n) is 8.35. The van der Waals surface area contributed by atoms with Crippen LogP contribution < -0.4 is 16.0 Å². The van der Waals surface area contributed by atoms with Gasteiger partial charge in [0.2, 0.25) is 5.91 Å². The largest absolute Gasteiger partial charge is 0.357 e. The first kappa shape index (κ1) is 22.0. The molecule has 0 aromatic rings. The Kier molecular flexibility index (Phi) is 9.95. The van der Waals surface area contributed by atoms with Crippen LogP contribution in [-0.2, 0) is 4.79 Å². The van der Waals surface area contributed by atoms with E-state index in [0.717, 1.165) is 44.9 Å². The highest BCUT2D eigenvalue weighted by Crippen LogP contribution is 2.19. The average Bonchev–Trinajstić information content (AvgIpc) is 3.46. The smallest absolute Gasteiger partial charge is 0.220 e. The van der Waals surface area contributed by atoms with E-state index < -0.39 is 0 Å². The number of likely N-dealkylation sites (tertiary alicyclic amines) is 1. The third kappa shape index (κ3) is 8.96. The summed E-state index contributed by atoms with van der Waals surface area (Å²) in [6.07, 6.45) is 9.08. The van der Waals surface area contributed by atoms with Crippen molar-refractivity contribution < 1.29 is 4.79 Å². The number of hydrogen-bond donors (Lipinski definition) is 3. The van der Waals surface area contributed by atoms with E-state index in [-0.39, 0.29) is 5.91 Å². The average molecular weight is 380 g/mol. The summed E-state index contributed by atoms with van der Waals surface area (Å²) in [6.45, 7) is 11.6. The molecule has 0 radical (unpaired) electrons. The van der Waals surface area contributed by atoms with Gasteiger partial charge in [0.15, 0.2) is 5.96 Å². The lowest BCUT2D eigenvalue weighted by Crippen LogP contribution is -2.44. The van der Waals surface area contributed by atoms with Gasteiger partial charge in [-0.1, -0.05) is 26.7 Å². The summed E-state index contributed by atoms with van der Waals surface area (Å²) < 4.78 is 0. The highest BCUT2D eigenvalue weighted by molar-refractivity contribution is 5.80. The molecule has 2 rings (SSSR count). The van der Waals surface area contributed by atoms with Gasteiger partial charge in [0.25, 0.3) is 0 Å². The predicted octanol–water partition coefficient (Wildman–Crippen LogP) is 2.50. The zero-order valence-corrected chi connectivity index (χ0v) is 17.7. The number of guanidine groups is 1. The fourth-order valence-electron chi connectivity index (χ4n) is 3.68. The van der Waals surface area contributed by atoms with Crippen LogP contribution in [0.1, 0.15) is 72.1 Å². The molecule has 1 unspecified atom stereocenters. The van der Waals surface area contributed by atoms with E-state index in [4.69, 9.17) is 4.99 Å². The van der Waals surface area contributed by atoms with Gasteiger partial charge in [0.05, 0.1) is 6.54 Å². The number of rotatable bonds is 10. The van der Waals surface area contributed by atoms with Crippen LogP contribution in [0.3, 0.4) is 0 Å². The molecule has 1 saturated heterocycles. The molecule has 3 N–H and O–H groups in total. The number of nitrogens with zero attached hydrogens (tertiary/aromatic N) is 2. The molecule has 0 aromatic heterocycles. The SMILES string of the molecule is CCNC(=NCC(C(C)C)N1CCCCCC1)NCCCC(=O)NC1CC1. The summed E-state index contributed by atoms with van der Waals surface area (Å²) >= 11 is 0. The molecule has 156 valence electrons. The predicted molar refractivity (Wildman–Crippen MR) is 113 cm³/mol. The molecule has 1 amide bonds. The van der Waals surface area contributed by atoms with E-state index >= 15 is 0 Å². The summed E-state index contributed by atoms with van der Waals surface area (Å²) in [6, 6.07) is 0.958. The topological polar surface area (TPSA) is 68.8 Å². The Morgan fingerprint density at radius 3 is 2.41 bits per heavy atom. The van der Waals surface area contributed by atoms with Gasteiger partial charge in [0, 0.05) is 31.6 Å². The van der Waals surface area contributed by atoms with Crippen LogP contribution in [0.4, 0.5) is 0 Å². The zero-order valence-electron chi connectivity index (χ0n) is 17.7. The van der Waals surface area contributed by atoms with Crippen LogP contribution in [0, 0.1) is 5.92 Å². The summed E-state index contributed by atoms with van der Waals surface area (Å²) in [5.74, 6) is 1.66. The lowest BCUT2D eigenvalue weighted by atomic mass is 10.0. The molecule has 0 spiro atoms. The lowest BCUT2D eigenvalue weighted by Gasteiger charge is -2.32. The summed E-state index contributed by atoms with van der Waals surface area (Å²) in [4.78, 5) is 19.3. The first-order chi connectivity index (χ1) is 13.1. The Hall–Kier alpha value is -1.30. The Labute approximate surface area is 165 Å². The highest BCUT2D eigenvalue weighted by atomic mass is 16.1. The van der Waals surface area contributed by atoms with Crippen molar-refractivity contribution in [2.45, 2.75) is 84.2 Å². The Bertz CT molecular complexity index is 453. The van der Waals surface area contributed by atoms with Crippen LogP contribution in [0.2, 0.25) is 0 Å². The summed E-state index contributed by atoms with van der Waals surface area (Å²) in [5, 5.41) is 9.78. The van der Waals surface area contributed by atoms with Crippen LogP contribution in [-0.4, -0.2) is 61.6 Å². The van der Waals surface area contributed by atoms with Crippen molar-refractivity contribution >= 4 is 11.9 Å². The van der Waals surface area contributed by atoms with E-state index in [1.165, 1.54) is 38.8 Å². The van der Waals surface area contributed by atoms with Gasteiger partial charge in [-0.15, -0.1) is 0 Å². The van der Waals surface area contributed by atoms with Gasteiger partial charge in [-0.2, -0.15) is 0 Å². The van der Waals surface area contributed by atoms with Crippen molar-refractivity contribution in [1.29, 1.82) is 0 Å². The lowest BCUT2D eigenvalue weighted by molar-refractivity contribution is -0.121. The first-order valence-electron chi connectivity index (χ1n) is 11.2. The number of carbonyl (C=O) groups excluding carboxylic acids is 1. The molecule has 0 bridgehead atoms. The Morgan fingerprint density at radius 2 is 1.81 bits per heavy atom. The van der Waals surface area contributed by atoms with Crippen molar-refractivity contribution in [3.05, 3.63) is 0 Å². The van der Waals surface area contributed by atoms with Gasteiger partial charge in [0.1, 0.15) is 0 Å². The van der Waals surface area contributed by atoms with Gasteiger partial charge in [-0.3, -0.25) is 14.7 Å². The third-order valence-corrected chi connectivity index (χ3v) is 5.48. The normalized spacial score (nSPS) is 20.2. The number of amides is 1. The number of aliphatic imine (C=N–C) groups is 1. The van der Waals surface area contributed by atoms with E-state index in [1.807, 2.05) is 0 Å². The van der Waals surface area contributed by atoms with Gasteiger partial charge in [-0.05, 0) is 58.0 Å². The maximum absolute atomic E-state index is 11.8. The van der Waals surface area contributed by atoms with E-state index in [9.17, 15) is 4.79 Å². The van der Waals surface area contributed by atoms with Crippen molar-refractivity contribution in [3.8, 4) is 0 Å². The van der Waals surface area contributed by atoms with Crippen molar-refractivity contribution in [1.82, 2.24) is 20.9 Å². The van der Waals surface area contributed by atoms with Gasteiger partial charge in [-0.25, -0.2) is 0 Å². The van der Waals surface area contributed by atoms with Crippen LogP contribution in [0.15, 0.2) is 4.99 Å². The molecular formula is C21H41N5O. The third-order valence-electron chi connectivity index (χ3n) is 5.48. The fraction of sp³-hybridized carbons (Fsp3) is 0.905. The minimum absolute atomic E-state index is 0.183. The summed E-state index contributed by atoms with van der Waals surface area (Å²) in [7, 11) is 0. The Morgan fingerprint density at radius 1 is 1.11 bits per heavy atom. The van der Waals surface area contributed by atoms with Crippen molar-refractivity contribution in [3.63, 3.8) is 0 Å². The molecule has 2 aliphatic rings. The number of hydrogen-bond acceptors (Lipinski definition) is 3. The van der Waals surface area contributed by atoms with Crippen molar-refractivity contribution in [2.24, 2.45) is 10.9 Å². The highest BCUT2D eigenvalue weighted by Gasteiger charge is 2.23. The van der Waals surface area contributed by atoms with Crippen LogP contribution >= 0.6 is 0 Å². The maximum atomic E-state index is 11.8. The minimum Gasteiger partial charge on any atom is -0.357 e. The molecular weight excluding hydrogens is 338 g/mol. The molecule has 0 aromatic carbocycles. The zero-order chi connectivity index (χ0) is 19.5. The molecule has 1 heterocycles.